The Bertz CT molecular complexity index is 670. The lowest BCUT2D eigenvalue weighted by atomic mass is 10.2. The maximum absolute atomic E-state index is 12.1. The summed E-state index contributed by atoms with van der Waals surface area (Å²) in [6.07, 6.45) is 3.25. The molecule has 6 heteroatoms. The second-order valence-electron chi connectivity index (χ2n) is 4.20. The number of hydrogen-bond donors (Lipinski definition) is 2. The van der Waals surface area contributed by atoms with Gasteiger partial charge in [-0.1, -0.05) is 12.1 Å². The highest BCUT2D eigenvalue weighted by Gasteiger charge is 2.14. The second kappa shape index (κ2) is 5.38. The van der Waals surface area contributed by atoms with Crippen LogP contribution in [-0.2, 0) is 16.6 Å². The van der Waals surface area contributed by atoms with Crippen LogP contribution in [0.15, 0.2) is 47.6 Å². The molecule has 0 aliphatic carbocycles. The highest BCUT2D eigenvalue weighted by molar-refractivity contribution is 7.89. The van der Waals surface area contributed by atoms with E-state index in [-0.39, 0.29) is 11.4 Å². The molecule has 3 N–H and O–H groups in total. The third-order valence-electron chi connectivity index (χ3n) is 2.75. The Morgan fingerprint density at radius 3 is 2.74 bits per heavy atom. The largest absolute Gasteiger partial charge is 0.398 e. The van der Waals surface area contributed by atoms with Crippen molar-refractivity contribution in [2.24, 2.45) is 0 Å². The molecule has 0 saturated heterocycles. The molecule has 0 radical (unpaired) electrons. The Balaban J connectivity index is 2.16. The summed E-state index contributed by atoms with van der Waals surface area (Å²) >= 11 is 0. The quantitative estimate of drug-likeness (QED) is 0.828. The summed E-state index contributed by atoms with van der Waals surface area (Å²) in [6.45, 7) is 2.03. The minimum atomic E-state index is -3.56. The van der Waals surface area contributed by atoms with Gasteiger partial charge in [-0.3, -0.25) is 4.98 Å². The van der Waals surface area contributed by atoms with Gasteiger partial charge in [-0.05, 0) is 36.2 Å². The summed E-state index contributed by atoms with van der Waals surface area (Å²) < 4.78 is 26.7. The normalized spacial score (nSPS) is 11.4. The Morgan fingerprint density at radius 2 is 2.11 bits per heavy atom. The number of nitrogen functional groups attached to an aromatic ring is 1. The summed E-state index contributed by atoms with van der Waals surface area (Å²) in [5.41, 5.74) is 7.83. The number of aryl methyl sites for hydroxylation is 1. The van der Waals surface area contributed by atoms with Crippen LogP contribution in [0.1, 0.15) is 11.1 Å². The van der Waals surface area contributed by atoms with Gasteiger partial charge in [-0.25, -0.2) is 13.1 Å². The molecule has 1 heterocycles. The van der Waals surface area contributed by atoms with Gasteiger partial charge in [-0.2, -0.15) is 0 Å². The molecule has 100 valence electrons. The monoisotopic (exact) mass is 277 g/mol. The van der Waals surface area contributed by atoms with Crippen molar-refractivity contribution in [3.8, 4) is 0 Å². The number of nitrogens with zero attached hydrogens (tertiary/aromatic N) is 1. The van der Waals surface area contributed by atoms with Crippen molar-refractivity contribution < 1.29 is 8.42 Å². The molecule has 0 unspecified atom stereocenters. The summed E-state index contributed by atoms with van der Waals surface area (Å²) in [4.78, 5) is 4.10. The van der Waals surface area contributed by atoms with Crippen LogP contribution >= 0.6 is 0 Å². The number of anilines is 1. The van der Waals surface area contributed by atoms with Gasteiger partial charge in [0.05, 0.1) is 4.90 Å². The lowest BCUT2D eigenvalue weighted by molar-refractivity contribution is 0.581. The molecule has 1 aromatic heterocycles. The minimum Gasteiger partial charge on any atom is -0.398 e. The summed E-state index contributed by atoms with van der Waals surface area (Å²) in [5, 5.41) is 0. The molecule has 2 rings (SSSR count). The Morgan fingerprint density at radius 1 is 1.32 bits per heavy atom. The first-order valence-electron chi connectivity index (χ1n) is 5.74. The van der Waals surface area contributed by atoms with Gasteiger partial charge < -0.3 is 5.73 Å². The number of benzene rings is 1. The highest BCUT2D eigenvalue weighted by atomic mass is 32.2. The van der Waals surface area contributed by atoms with E-state index in [4.69, 9.17) is 5.73 Å². The van der Waals surface area contributed by atoms with Crippen molar-refractivity contribution in [2.75, 3.05) is 5.73 Å². The highest BCUT2D eigenvalue weighted by Crippen LogP contribution is 2.17. The van der Waals surface area contributed by atoms with E-state index in [1.54, 1.807) is 30.6 Å². The molecule has 0 aliphatic rings. The molecule has 0 atom stereocenters. The van der Waals surface area contributed by atoms with Crippen LogP contribution in [0.25, 0.3) is 0 Å². The van der Waals surface area contributed by atoms with Gasteiger partial charge in [-0.15, -0.1) is 0 Å². The number of nitrogens with one attached hydrogen (secondary N) is 1. The minimum absolute atomic E-state index is 0.166. The van der Waals surface area contributed by atoms with Crippen molar-refractivity contribution in [2.45, 2.75) is 18.4 Å². The summed E-state index contributed by atoms with van der Waals surface area (Å²) in [5.74, 6) is 0. The molecule has 0 aliphatic heterocycles. The number of hydrogen-bond acceptors (Lipinski definition) is 4. The van der Waals surface area contributed by atoms with Crippen molar-refractivity contribution in [1.29, 1.82) is 0 Å². The van der Waals surface area contributed by atoms with Crippen LogP contribution in [0, 0.1) is 6.92 Å². The smallest absolute Gasteiger partial charge is 0.240 e. The fraction of sp³-hybridized carbons (Fsp3) is 0.154. The molecule has 0 spiro atoms. The van der Waals surface area contributed by atoms with E-state index in [2.05, 4.69) is 9.71 Å². The van der Waals surface area contributed by atoms with E-state index in [0.717, 1.165) is 11.1 Å². The van der Waals surface area contributed by atoms with E-state index in [9.17, 15) is 8.42 Å². The summed E-state index contributed by atoms with van der Waals surface area (Å²) in [7, 11) is -3.56. The van der Waals surface area contributed by atoms with E-state index in [0.29, 0.717) is 5.69 Å². The molecule has 19 heavy (non-hydrogen) atoms. The second-order valence-corrected chi connectivity index (χ2v) is 5.97. The average Bonchev–Trinajstić information content (AvgIpc) is 2.41. The molecule has 1 aromatic carbocycles. The topological polar surface area (TPSA) is 85.1 Å². The first kappa shape index (κ1) is 13.5. The fourth-order valence-electron chi connectivity index (χ4n) is 1.55. The molecular weight excluding hydrogens is 262 g/mol. The first-order chi connectivity index (χ1) is 8.99. The number of pyridine rings is 1. The molecule has 2 aromatic rings. The van der Waals surface area contributed by atoms with Crippen LogP contribution in [-0.4, -0.2) is 13.4 Å². The maximum Gasteiger partial charge on any atom is 0.240 e. The van der Waals surface area contributed by atoms with Crippen LogP contribution in [0.3, 0.4) is 0 Å². The number of aromatic nitrogens is 1. The summed E-state index contributed by atoms with van der Waals surface area (Å²) in [6, 6.07) is 8.25. The van der Waals surface area contributed by atoms with Gasteiger partial charge >= 0.3 is 0 Å². The van der Waals surface area contributed by atoms with E-state index >= 15 is 0 Å². The molecular formula is C13H15N3O2S. The molecule has 0 saturated carbocycles. The van der Waals surface area contributed by atoms with Gasteiger partial charge in [0.15, 0.2) is 0 Å². The Kier molecular flexibility index (Phi) is 3.82. The van der Waals surface area contributed by atoms with Crippen molar-refractivity contribution in [3.63, 3.8) is 0 Å². The number of nitrogens with two attached hydrogens (primary N) is 1. The third kappa shape index (κ3) is 3.30. The zero-order chi connectivity index (χ0) is 13.9. The zero-order valence-corrected chi connectivity index (χ0v) is 11.3. The molecule has 0 amide bonds. The molecule has 5 nitrogen and oxygen atoms in total. The van der Waals surface area contributed by atoms with Crippen LogP contribution in [0.5, 0.6) is 0 Å². The maximum atomic E-state index is 12.1. The average molecular weight is 277 g/mol. The van der Waals surface area contributed by atoms with Crippen LogP contribution < -0.4 is 10.5 Å². The SMILES string of the molecule is Cc1ccc(S(=O)(=O)NCc2cccnc2)cc1N. The van der Waals surface area contributed by atoms with Crippen LogP contribution in [0.2, 0.25) is 0 Å². The fourth-order valence-corrected chi connectivity index (χ4v) is 2.60. The molecule has 0 fully saturated rings. The van der Waals surface area contributed by atoms with Gasteiger partial charge in [0.1, 0.15) is 0 Å². The Labute approximate surface area is 112 Å². The Hall–Kier alpha value is -1.92. The van der Waals surface area contributed by atoms with Gasteiger partial charge in [0.25, 0.3) is 0 Å². The van der Waals surface area contributed by atoms with Crippen molar-refractivity contribution in [3.05, 3.63) is 53.9 Å². The third-order valence-corrected chi connectivity index (χ3v) is 4.15. The van der Waals surface area contributed by atoms with Crippen molar-refractivity contribution in [1.82, 2.24) is 9.71 Å². The standard InChI is InChI=1S/C13H15N3O2S/c1-10-4-5-12(7-13(10)14)19(17,18)16-9-11-3-2-6-15-8-11/h2-8,16H,9,14H2,1H3. The lowest BCUT2D eigenvalue weighted by Crippen LogP contribution is -2.23. The van der Waals surface area contributed by atoms with E-state index in [1.807, 2.05) is 6.92 Å². The van der Waals surface area contributed by atoms with Crippen molar-refractivity contribution >= 4 is 15.7 Å². The van der Waals surface area contributed by atoms with E-state index in [1.165, 1.54) is 12.1 Å². The van der Waals surface area contributed by atoms with E-state index < -0.39 is 10.0 Å². The zero-order valence-electron chi connectivity index (χ0n) is 10.5. The number of sulfonamides is 1. The predicted molar refractivity (Wildman–Crippen MR) is 73.9 cm³/mol. The lowest BCUT2D eigenvalue weighted by Gasteiger charge is -2.08. The van der Waals surface area contributed by atoms with Gasteiger partial charge in [0, 0.05) is 24.6 Å². The first-order valence-corrected chi connectivity index (χ1v) is 7.22. The number of rotatable bonds is 4. The predicted octanol–water partition coefficient (Wildman–Crippen LogP) is 1.45. The molecule has 0 bridgehead atoms. The van der Waals surface area contributed by atoms with Gasteiger partial charge in [0.2, 0.25) is 10.0 Å². The van der Waals surface area contributed by atoms with Crippen LogP contribution in [0.4, 0.5) is 5.69 Å².